The number of hydrogen-bond donors (Lipinski definition) is 1. The number of hydrogen-bond acceptors (Lipinski definition) is 4. The molecule has 25 heavy (non-hydrogen) atoms. The first-order valence-corrected chi connectivity index (χ1v) is 9.56. The van der Waals surface area contributed by atoms with Crippen molar-refractivity contribution in [2.45, 2.75) is 51.6 Å². The summed E-state index contributed by atoms with van der Waals surface area (Å²) in [5.74, 6) is 1.80. The zero-order chi connectivity index (χ0) is 17.9. The molecule has 0 spiro atoms. The van der Waals surface area contributed by atoms with Crippen molar-refractivity contribution in [2.75, 3.05) is 26.8 Å². The highest BCUT2D eigenvalue weighted by molar-refractivity contribution is 5.84. The molecule has 6 nitrogen and oxygen atoms in total. The molecule has 2 aliphatic rings. The van der Waals surface area contributed by atoms with Crippen LogP contribution >= 0.6 is 0 Å². The number of imidazole rings is 1. The molecular formula is C19H32N4O2. The predicted octanol–water partition coefficient (Wildman–Crippen LogP) is 1.95. The summed E-state index contributed by atoms with van der Waals surface area (Å²) in [7, 11) is 3.73. The molecule has 2 heterocycles. The molecule has 1 aromatic rings. The molecular weight excluding hydrogens is 316 g/mol. The van der Waals surface area contributed by atoms with E-state index in [2.05, 4.69) is 26.7 Å². The monoisotopic (exact) mass is 348 g/mol. The Bertz CT molecular complexity index is 582. The number of methoxy groups -OCH3 is 1. The summed E-state index contributed by atoms with van der Waals surface area (Å²) in [4.78, 5) is 19.8. The maximum absolute atomic E-state index is 12.9. The number of aryl methyl sites for hydroxylation is 1. The maximum Gasteiger partial charge on any atom is 0.228 e. The molecule has 1 aliphatic heterocycles. The van der Waals surface area contributed by atoms with Crippen LogP contribution in [0.2, 0.25) is 0 Å². The largest absolute Gasteiger partial charge is 0.384 e. The Morgan fingerprint density at radius 3 is 2.80 bits per heavy atom. The van der Waals surface area contributed by atoms with Crippen molar-refractivity contribution in [3.63, 3.8) is 0 Å². The predicted molar refractivity (Wildman–Crippen MR) is 97.0 cm³/mol. The number of carbonyl (C=O) groups is 1. The van der Waals surface area contributed by atoms with Crippen molar-refractivity contribution in [3.05, 3.63) is 18.2 Å². The molecule has 0 radical (unpaired) electrons. The average Bonchev–Trinajstić information content (AvgIpc) is 3.11. The number of nitrogens with zero attached hydrogens (tertiary/aromatic N) is 3. The summed E-state index contributed by atoms with van der Waals surface area (Å²) < 4.78 is 7.40. The molecule has 0 aromatic carbocycles. The molecule has 3 rings (SSSR count). The Balaban J connectivity index is 1.62. The fraction of sp³-hybridized carbons (Fsp3) is 0.789. The summed E-state index contributed by atoms with van der Waals surface area (Å²) in [6.07, 6.45) is 9.17. The highest BCUT2D eigenvalue weighted by atomic mass is 16.5. The quantitative estimate of drug-likeness (QED) is 0.780. The third-order valence-electron chi connectivity index (χ3n) is 5.99. The molecule has 0 unspecified atom stereocenters. The molecule has 2 atom stereocenters. The molecule has 6 heteroatoms. The van der Waals surface area contributed by atoms with Crippen molar-refractivity contribution in [1.29, 1.82) is 0 Å². The number of carbonyl (C=O) groups excluding carboxylic acids is 1. The minimum Gasteiger partial charge on any atom is -0.384 e. The molecule has 1 aromatic heterocycles. The van der Waals surface area contributed by atoms with Gasteiger partial charge < -0.3 is 14.6 Å². The third-order valence-corrected chi connectivity index (χ3v) is 5.99. The molecule has 2 fully saturated rings. The lowest BCUT2D eigenvalue weighted by Crippen LogP contribution is -2.53. The second-order valence-corrected chi connectivity index (χ2v) is 7.84. The van der Waals surface area contributed by atoms with E-state index in [1.165, 1.54) is 0 Å². The van der Waals surface area contributed by atoms with E-state index in [0.717, 1.165) is 57.6 Å². The number of aromatic nitrogens is 2. The highest BCUT2D eigenvalue weighted by Crippen LogP contribution is 2.41. The number of nitrogens with one attached hydrogen (secondary N) is 1. The maximum atomic E-state index is 12.9. The van der Waals surface area contributed by atoms with Crippen molar-refractivity contribution in [3.8, 4) is 0 Å². The van der Waals surface area contributed by atoms with Crippen molar-refractivity contribution in [1.82, 2.24) is 19.8 Å². The molecule has 1 amide bonds. The van der Waals surface area contributed by atoms with E-state index in [0.29, 0.717) is 12.5 Å². The first-order valence-electron chi connectivity index (χ1n) is 9.56. The van der Waals surface area contributed by atoms with Crippen molar-refractivity contribution < 1.29 is 9.53 Å². The van der Waals surface area contributed by atoms with Gasteiger partial charge in [0.15, 0.2) is 0 Å². The second kappa shape index (κ2) is 7.87. The van der Waals surface area contributed by atoms with Crippen LogP contribution in [-0.2, 0) is 23.1 Å². The second-order valence-electron chi connectivity index (χ2n) is 7.84. The van der Waals surface area contributed by atoms with Crippen LogP contribution in [0.15, 0.2) is 12.4 Å². The van der Waals surface area contributed by atoms with Gasteiger partial charge in [0, 0.05) is 45.7 Å². The van der Waals surface area contributed by atoms with Crippen LogP contribution in [0.3, 0.4) is 0 Å². The number of amides is 1. The summed E-state index contributed by atoms with van der Waals surface area (Å²) in [6.45, 7) is 5.55. The van der Waals surface area contributed by atoms with Gasteiger partial charge in [-0.25, -0.2) is 4.98 Å². The van der Waals surface area contributed by atoms with E-state index in [9.17, 15) is 4.79 Å². The van der Waals surface area contributed by atoms with E-state index in [1.54, 1.807) is 7.11 Å². The zero-order valence-electron chi connectivity index (χ0n) is 15.8. The zero-order valence-corrected chi connectivity index (χ0v) is 15.8. The van der Waals surface area contributed by atoms with E-state index < -0.39 is 0 Å². The first-order chi connectivity index (χ1) is 12.1. The molecule has 1 saturated carbocycles. The molecule has 140 valence electrons. The van der Waals surface area contributed by atoms with Gasteiger partial charge in [0.1, 0.15) is 5.82 Å². The molecule has 0 bridgehead atoms. The van der Waals surface area contributed by atoms with Crippen LogP contribution in [0.5, 0.6) is 0 Å². The Hall–Kier alpha value is -1.40. The van der Waals surface area contributed by atoms with Crippen molar-refractivity contribution in [2.24, 2.45) is 18.4 Å². The van der Waals surface area contributed by atoms with Crippen LogP contribution in [0, 0.1) is 11.3 Å². The number of ether oxygens (including phenoxy) is 1. The van der Waals surface area contributed by atoms with Crippen LogP contribution in [-0.4, -0.2) is 53.2 Å². The van der Waals surface area contributed by atoms with E-state index in [1.807, 2.05) is 19.4 Å². The van der Waals surface area contributed by atoms with Crippen molar-refractivity contribution >= 4 is 5.91 Å². The Morgan fingerprint density at radius 2 is 2.24 bits per heavy atom. The topological polar surface area (TPSA) is 59.4 Å². The van der Waals surface area contributed by atoms with Gasteiger partial charge in [-0.05, 0) is 25.2 Å². The van der Waals surface area contributed by atoms with Gasteiger partial charge in [0.25, 0.3) is 0 Å². The number of likely N-dealkylation sites (tertiary alicyclic amines) is 1. The Kier molecular flexibility index (Phi) is 5.79. The van der Waals surface area contributed by atoms with Gasteiger partial charge >= 0.3 is 0 Å². The summed E-state index contributed by atoms with van der Waals surface area (Å²) in [6, 6.07) is 0.238. The van der Waals surface area contributed by atoms with Crippen LogP contribution in [0.25, 0.3) is 0 Å². The van der Waals surface area contributed by atoms with E-state index in [4.69, 9.17) is 4.74 Å². The summed E-state index contributed by atoms with van der Waals surface area (Å²) in [5, 5.41) is 3.38. The SMILES string of the molecule is CCC[C@H]1CN(Cc2nccn2C)C[C@@H]1NC(=O)C1(COC)CCC1. The normalized spacial score (nSPS) is 25.7. The van der Waals surface area contributed by atoms with E-state index in [-0.39, 0.29) is 17.4 Å². The average molecular weight is 348 g/mol. The van der Waals surface area contributed by atoms with E-state index >= 15 is 0 Å². The van der Waals surface area contributed by atoms with Crippen LogP contribution in [0.4, 0.5) is 0 Å². The Morgan fingerprint density at radius 1 is 1.44 bits per heavy atom. The van der Waals surface area contributed by atoms with Gasteiger partial charge in [-0.3, -0.25) is 9.69 Å². The fourth-order valence-electron chi connectivity index (χ4n) is 4.30. The lowest BCUT2D eigenvalue weighted by molar-refractivity contribution is -0.141. The van der Waals surface area contributed by atoms with Gasteiger partial charge in [-0.1, -0.05) is 19.8 Å². The minimum absolute atomic E-state index is 0.200. The van der Waals surface area contributed by atoms with Gasteiger partial charge in [0.05, 0.1) is 18.6 Å². The highest BCUT2D eigenvalue weighted by Gasteiger charge is 2.46. The van der Waals surface area contributed by atoms with Gasteiger partial charge in [-0.2, -0.15) is 0 Å². The lowest BCUT2D eigenvalue weighted by Gasteiger charge is -2.40. The minimum atomic E-state index is -0.279. The molecule has 1 N–H and O–H groups in total. The van der Waals surface area contributed by atoms with Gasteiger partial charge in [0.2, 0.25) is 5.91 Å². The molecule has 1 saturated heterocycles. The standard InChI is InChI=1S/C19H32N4O2/c1-4-6-15-11-23(13-17-20-9-10-22(17)2)12-16(15)21-18(24)19(14-25-3)7-5-8-19/h9-10,15-16H,4-8,11-14H2,1-3H3,(H,21,24)/t15-,16-/m0/s1. The number of rotatable bonds is 8. The first kappa shape index (κ1) is 18.4. The Labute approximate surface area is 150 Å². The van der Waals surface area contributed by atoms with Crippen LogP contribution < -0.4 is 5.32 Å². The fourth-order valence-corrected chi connectivity index (χ4v) is 4.30. The van der Waals surface area contributed by atoms with Gasteiger partial charge in [-0.15, -0.1) is 0 Å². The summed E-state index contributed by atoms with van der Waals surface area (Å²) in [5.41, 5.74) is -0.279. The lowest BCUT2D eigenvalue weighted by atomic mass is 9.68. The molecule has 1 aliphatic carbocycles. The summed E-state index contributed by atoms with van der Waals surface area (Å²) >= 11 is 0. The van der Waals surface area contributed by atoms with Crippen LogP contribution in [0.1, 0.15) is 44.9 Å². The smallest absolute Gasteiger partial charge is 0.228 e. The third kappa shape index (κ3) is 3.90.